The number of nitrogens with one attached hydrogen (secondary N) is 1. The molecule has 1 aromatic rings. The van der Waals surface area contributed by atoms with E-state index in [1.807, 2.05) is 6.92 Å². The monoisotopic (exact) mass is 178 g/mol. The van der Waals surface area contributed by atoms with E-state index in [1.165, 1.54) is 17.7 Å². The summed E-state index contributed by atoms with van der Waals surface area (Å²) >= 11 is 0. The Hall–Kier alpha value is -1.12. The summed E-state index contributed by atoms with van der Waals surface area (Å²) in [6.45, 7) is 1.90. The normalized spacial score (nSPS) is 14.5. The van der Waals surface area contributed by atoms with Gasteiger partial charge < -0.3 is 0 Å². The second kappa shape index (κ2) is 3.32. The number of fused-ring (bicyclic) bond motifs is 1. The Balaban J connectivity index is 2.17. The fourth-order valence-electron chi connectivity index (χ4n) is 1.85. The number of rotatable bonds is 3. The first-order chi connectivity index (χ1) is 6.31. The van der Waals surface area contributed by atoms with Crippen molar-refractivity contribution in [3.8, 4) is 0 Å². The molecule has 3 heteroatoms. The highest BCUT2D eigenvalue weighted by Crippen LogP contribution is 2.23. The maximum absolute atomic E-state index is 11.2. The second-order valence-electron chi connectivity index (χ2n) is 3.55. The van der Waals surface area contributed by atoms with Gasteiger partial charge in [0, 0.05) is 12.1 Å². The van der Waals surface area contributed by atoms with Gasteiger partial charge in [0.25, 0.3) is 0 Å². The third-order valence-corrected chi connectivity index (χ3v) is 2.65. The maximum Gasteiger partial charge on any atom is 0.138 e. The van der Waals surface area contributed by atoms with E-state index in [1.54, 1.807) is 0 Å². The molecular formula is C10H14N2O. The van der Waals surface area contributed by atoms with E-state index in [4.69, 9.17) is 0 Å². The summed E-state index contributed by atoms with van der Waals surface area (Å²) in [7, 11) is 0. The van der Waals surface area contributed by atoms with E-state index in [-0.39, 0.29) is 5.78 Å². The molecule has 2 rings (SSSR count). The minimum absolute atomic E-state index is 0.279. The SMILES string of the molecule is CCC(=O)Cc1n[nH]c2c1CCC2. The lowest BCUT2D eigenvalue weighted by atomic mass is 10.1. The van der Waals surface area contributed by atoms with Crippen LogP contribution in [0.4, 0.5) is 0 Å². The van der Waals surface area contributed by atoms with E-state index in [2.05, 4.69) is 10.2 Å². The summed E-state index contributed by atoms with van der Waals surface area (Å²) in [5.41, 5.74) is 3.54. The molecule has 1 aliphatic rings. The summed E-state index contributed by atoms with van der Waals surface area (Å²) in [6, 6.07) is 0. The van der Waals surface area contributed by atoms with Crippen LogP contribution in [-0.2, 0) is 24.1 Å². The molecule has 1 aliphatic carbocycles. The van der Waals surface area contributed by atoms with Crippen molar-refractivity contribution in [2.45, 2.75) is 39.0 Å². The number of carbonyl (C=O) groups excluding carboxylic acids is 1. The zero-order chi connectivity index (χ0) is 9.26. The number of aromatic amines is 1. The molecule has 1 heterocycles. The number of hydrogen-bond acceptors (Lipinski definition) is 2. The highest BCUT2D eigenvalue weighted by molar-refractivity contribution is 5.80. The molecule has 0 aliphatic heterocycles. The van der Waals surface area contributed by atoms with Gasteiger partial charge in [-0.25, -0.2) is 0 Å². The van der Waals surface area contributed by atoms with Crippen molar-refractivity contribution in [2.24, 2.45) is 0 Å². The van der Waals surface area contributed by atoms with E-state index in [9.17, 15) is 4.79 Å². The molecule has 0 aromatic carbocycles. The van der Waals surface area contributed by atoms with Crippen molar-refractivity contribution in [1.29, 1.82) is 0 Å². The number of ketones is 1. The molecule has 70 valence electrons. The van der Waals surface area contributed by atoms with Crippen LogP contribution in [0.2, 0.25) is 0 Å². The molecule has 0 atom stereocenters. The first-order valence-electron chi connectivity index (χ1n) is 4.88. The van der Waals surface area contributed by atoms with E-state index in [0.717, 1.165) is 18.5 Å². The van der Waals surface area contributed by atoms with Gasteiger partial charge in [0.15, 0.2) is 0 Å². The molecule has 0 unspecified atom stereocenters. The predicted molar refractivity (Wildman–Crippen MR) is 49.6 cm³/mol. The Morgan fingerprint density at radius 2 is 2.38 bits per heavy atom. The molecule has 1 N–H and O–H groups in total. The molecule has 3 nitrogen and oxygen atoms in total. The zero-order valence-electron chi connectivity index (χ0n) is 7.89. The van der Waals surface area contributed by atoms with Gasteiger partial charge in [-0.1, -0.05) is 6.92 Å². The van der Waals surface area contributed by atoms with E-state index >= 15 is 0 Å². The number of Topliss-reactive ketones (excluding diaryl/α,β-unsaturated/α-hetero) is 1. The Morgan fingerprint density at radius 3 is 3.15 bits per heavy atom. The highest BCUT2D eigenvalue weighted by atomic mass is 16.1. The Bertz CT molecular complexity index is 328. The highest BCUT2D eigenvalue weighted by Gasteiger charge is 2.19. The number of H-pyrrole nitrogens is 1. The van der Waals surface area contributed by atoms with Gasteiger partial charge in [-0.3, -0.25) is 9.89 Å². The van der Waals surface area contributed by atoms with Crippen molar-refractivity contribution in [1.82, 2.24) is 10.2 Å². The smallest absolute Gasteiger partial charge is 0.138 e. The summed E-state index contributed by atoms with van der Waals surface area (Å²) in [5, 5.41) is 7.19. The number of carbonyl (C=O) groups is 1. The van der Waals surface area contributed by atoms with E-state index in [0.29, 0.717) is 12.8 Å². The van der Waals surface area contributed by atoms with Crippen LogP contribution in [0.15, 0.2) is 0 Å². The quantitative estimate of drug-likeness (QED) is 0.760. The molecule has 1 aromatic heterocycles. The standard InChI is InChI=1S/C10H14N2O/c1-2-7(13)6-10-8-4-3-5-9(8)11-12-10/h2-6H2,1H3,(H,11,12). The third-order valence-electron chi connectivity index (χ3n) is 2.65. The van der Waals surface area contributed by atoms with Crippen molar-refractivity contribution in [3.05, 3.63) is 17.0 Å². The fourth-order valence-corrected chi connectivity index (χ4v) is 1.85. The van der Waals surface area contributed by atoms with Crippen LogP contribution < -0.4 is 0 Å². The minimum atomic E-state index is 0.279. The van der Waals surface area contributed by atoms with Crippen molar-refractivity contribution < 1.29 is 4.79 Å². The third kappa shape index (κ3) is 1.50. The Morgan fingerprint density at radius 1 is 1.54 bits per heavy atom. The van der Waals surface area contributed by atoms with Gasteiger partial charge in [0.1, 0.15) is 5.78 Å². The van der Waals surface area contributed by atoms with Gasteiger partial charge in [-0.05, 0) is 24.8 Å². The summed E-state index contributed by atoms with van der Waals surface area (Å²) in [4.78, 5) is 11.2. The lowest BCUT2D eigenvalue weighted by Crippen LogP contribution is -2.02. The molecule has 0 saturated carbocycles. The molecular weight excluding hydrogens is 164 g/mol. The Kier molecular flexibility index (Phi) is 2.17. The van der Waals surface area contributed by atoms with Crippen LogP contribution >= 0.6 is 0 Å². The fraction of sp³-hybridized carbons (Fsp3) is 0.600. The van der Waals surface area contributed by atoms with Gasteiger partial charge in [0.05, 0.1) is 12.1 Å². The number of aromatic nitrogens is 2. The summed E-state index contributed by atoms with van der Waals surface area (Å²) in [5.74, 6) is 0.279. The largest absolute Gasteiger partial charge is 0.299 e. The lowest BCUT2D eigenvalue weighted by molar-refractivity contribution is -0.118. The average Bonchev–Trinajstić information content (AvgIpc) is 2.69. The lowest BCUT2D eigenvalue weighted by Gasteiger charge is -1.96. The maximum atomic E-state index is 11.2. The van der Waals surface area contributed by atoms with Crippen LogP contribution in [0.3, 0.4) is 0 Å². The van der Waals surface area contributed by atoms with Crippen LogP contribution in [0, 0.1) is 0 Å². The van der Waals surface area contributed by atoms with Crippen LogP contribution in [0.25, 0.3) is 0 Å². The van der Waals surface area contributed by atoms with Gasteiger partial charge in [0.2, 0.25) is 0 Å². The first kappa shape index (κ1) is 8.48. The molecule has 13 heavy (non-hydrogen) atoms. The number of nitrogens with zero attached hydrogens (tertiary/aromatic N) is 1. The zero-order valence-corrected chi connectivity index (χ0v) is 7.89. The first-order valence-corrected chi connectivity index (χ1v) is 4.88. The van der Waals surface area contributed by atoms with Crippen molar-refractivity contribution in [2.75, 3.05) is 0 Å². The minimum Gasteiger partial charge on any atom is -0.299 e. The molecule has 0 saturated heterocycles. The van der Waals surface area contributed by atoms with Crippen molar-refractivity contribution >= 4 is 5.78 Å². The topological polar surface area (TPSA) is 45.8 Å². The van der Waals surface area contributed by atoms with E-state index < -0.39 is 0 Å². The number of aryl methyl sites for hydroxylation is 1. The molecule has 0 amide bonds. The Labute approximate surface area is 77.5 Å². The molecule has 0 bridgehead atoms. The van der Waals surface area contributed by atoms with Gasteiger partial charge in [-0.2, -0.15) is 5.10 Å². The predicted octanol–water partition coefficient (Wildman–Crippen LogP) is 1.42. The molecule has 0 radical (unpaired) electrons. The summed E-state index contributed by atoms with van der Waals surface area (Å²) < 4.78 is 0. The van der Waals surface area contributed by atoms with Crippen LogP contribution in [0.1, 0.15) is 36.7 Å². The molecule has 0 fully saturated rings. The summed E-state index contributed by atoms with van der Waals surface area (Å²) in [6.07, 6.45) is 4.53. The van der Waals surface area contributed by atoms with Crippen LogP contribution in [-0.4, -0.2) is 16.0 Å². The van der Waals surface area contributed by atoms with Crippen LogP contribution in [0.5, 0.6) is 0 Å². The molecule has 0 spiro atoms. The van der Waals surface area contributed by atoms with Gasteiger partial charge >= 0.3 is 0 Å². The van der Waals surface area contributed by atoms with Gasteiger partial charge in [-0.15, -0.1) is 0 Å². The number of hydrogen-bond donors (Lipinski definition) is 1. The second-order valence-corrected chi connectivity index (χ2v) is 3.55. The average molecular weight is 178 g/mol. The van der Waals surface area contributed by atoms with Crippen molar-refractivity contribution in [3.63, 3.8) is 0 Å².